The first-order valence-corrected chi connectivity index (χ1v) is 5.75. The zero-order chi connectivity index (χ0) is 12.6. The maximum absolute atomic E-state index is 11.9. The molecule has 2 saturated heterocycles. The molecule has 1 N–H and O–H groups in total. The third-order valence-corrected chi connectivity index (χ3v) is 3.49. The number of piperidine rings is 1. The molecule has 0 aromatic heterocycles. The zero-order valence-corrected chi connectivity index (χ0v) is 9.76. The summed E-state index contributed by atoms with van der Waals surface area (Å²) in [5.74, 6) is -0.701. The van der Waals surface area contributed by atoms with E-state index in [2.05, 4.69) is 0 Å². The summed E-state index contributed by atoms with van der Waals surface area (Å²) in [5, 5.41) is 9.03. The number of aliphatic hydroxyl groups is 1. The lowest BCUT2D eigenvalue weighted by Gasteiger charge is -2.33. The van der Waals surface area contributed by atoms with Crippen molar-refractivity contribution in [1.29, 1.82) is 0 Å². The van der Waals surface area contributed by atoms with Crippen LogP contribution in [-0.2, 0) is 14.4 Å². The number of nitrogens with zero attached hydrogens (tertiary/aromatic N) is 2. The molecule has 0 bridgehead atoms. The highest BCUT2D eigenvalue weighted by Gasteiger charge is 2.41. The molecule has 94 valence electrons. The number of hydrogen-bond donors (Lipinski definition) is 1. The summed E-state index contributed by atoms with van der Waals surface area (Å²) >= 11 is 0. The van der Waals surface area contributed by atoms with Crippen LogP contribution in [0.3, 0.4) is 0 Å². The molecule has 17 heavy (non-hydrogen) atoms. The molecule has 0 aromatic carbocycles. The number of carbonyl (C=O) groups excluding carboxylic acids is 3. The molecule has 2 heterocycles. The van der Waals surface area contributed by atoms with Crippen molar-refractivity contribution in [2.24, 2.45) is 5.92 Å². The lowest BCUT2D eigenvalue weighted by atomic mass is 10.0. The van der Waals surface area contributed by atoms with Crippen LogP contribution in [0, 0.1) is 5.92 Å². The van der Waals surface area contributed by atoms with E-state index in [0.29, 0.717) is 19.4 Å². The van der Waals surface area contributed by atoms with E-state index in [0.717, 1.165) is 4.90 Å². The summed E-state index contributed by atoms with van der Waals surface area (Å²) in [5.41, 5.74) is 0. The van der Waals surface area contributed by atoms with Gasteiger partial charge in [0.05, 0.1) is 0 Å². The van der Waals surface area contributed by atoms with Crippen LogP contribution in [0.2, 0.25) is 0 Å². The minimum Gasteiger partial charge on any atom is -0.396 e. The Morgan fingerprint density at radius 1 is 1.29 bits per heavy atom. The molecule has 2 aliphatic rings. The average molecular weight is 240 g/mol. The van der Waals surface area contributed by atoms with E-state index in [4.69, 9.17) is 5.11 Å². The Balaban J connectivity index is 2.10. The number of rotatable bonds is 2. The van der Waals surface area contributed by atoms with Gasteiger partial charge in [0.1, 0.15) is 6.04 Å². The SMILES string of the molecule is CN1C(=O)CCC(N2CC(CO)CC2=O)C1=O. The minimum absolute atomic E-state index is 0.0437. The van der Waals surface area contributed by atoms with Gasteiger partial charge in [0.2, 0.25) is 11.8 Å². The number of carbonyl (C=O) groups is 3. The van der Waals surface area contributed by atoms with Crippen molar-refractivity contribution in [3.05, 3.63) is 0 Å². The minimum atomic E-state index is -0.526. The maximum atomic E-state index is 11.9. The van der Waals surface area contributed by atoms with Gasteiger partial charge in [-0.05, 0) is 6.42 Å². The number of imide groups is 1. The Hall–Kier alpha value is -1.43. The third-order valence-electron chi connectivity index (χ3n) is 3.49. The van der Waals surface area contributed by atoms with Crippen molar-refractivity contribution >= 4 is 17.7 Å². The molecule has 0 radical (unpaired) electrons. The molecular formula is C11H16N2O4. The third kappa shape index (κ3) is 2.04. The molecule has 0 saturated carbocycles. The fourth-order valence-electron chi connectivity index (χ4n) is 2.42. The summed E-state index contributed by atoms with van der Waals surface area (Å²) < 4.78 is 0. The average Bonchev–Trinajstić information content (AvgIpc) is 2.68. The van der Waals surface area contributed by atoms with E-state index in [9.17, 15) is 14.4 Å². The van der Waals surface area contributed by atoms with Crippen LogP contribution < -0.4 is 0 Å². The lowest BCUT2D eigenvalue weighted by molar-refractivity contribution is -0.154. The highest BCUT2D eigenvalue weighted by Crippen LogP contribution is 2.25. The lowest BCUT2D eigenvalue weighted by Crippen LogP contribution is -2.53. The van der Waals surface area contributed by atoms with Crippen molar-refractivity contribution in [3.8, 4) is 0 Å². The summed E-state index contributed by atoms with van der Waals surface area (Å²) in [6.45, 7) is 0.367. The number of amides is 3. The van der Waals surface area contributed by atoms with E-state index in [1.165, 1.54) is 11.9 Å². The van der Waals surface area contributed by atoms with Crippen LogP contribution in [0.25, 0.3) is 0 Å². The predicted molar refractivity (Wildman–Crippen MR) is 57.7 cm³/mol. The second kappa shape index (κ2) is 4.44. The maximum Gasteiger partial charge on any atom is 0.251 e. The Morgan fingerprint density at radius 2 is 2.00 bits per heavy atom. The summed E-state index contributed by atoms with van der Waals surface area (Å²) in [7, 11) is 1.45. The summed E-state index contributed by atoms with van der Waals surface area (Å²) in [6, 6.07) is -0.526. The van der Waals surface area contributed by atoms with Gasteiger partial charge in [-0.2, -0.15) is 0 Å². The van der Waals surface area contributed by atoms with E-state index in [-0.39, 0.29) is 36.7 Å². The van der Waals surface area contributed by atoms with E-state index in [1.807, 2.05) is 0 Å². The summed E-state index contributed by atoms with van der Waals surface area (Å²) in [6.07, 6.45) is 0.977. The fraction of sp³-hybridized carbons (Fsp3) is 0.727. The number of likely N-dealkylation sites (tertiary alicyclic amines) is 2. The Labute approximate surface area is 99.2 Å². The van der Waals surface area contributed by atoms with E-state index < -0.39 is 6.04 Å². The quantitative estimate of drug-likeness (QED) is 0.626. The van der Waals surface area contributed by atoms with Crippen LogP contribution in [-0.4, -0.2) is 58.9 Å². The molecule has 2 rings (SSSR count). The molecule has 2 aliphatic heterocycles. The highest BCUT2D eigenvalue weighted by atomic mass is 16.3. The Bertz CT molecular complexity index is 368. The molecule has 6 heteroatoms. The second-order valence-electron chi connectivity index (χ2n) is 4.64. The normalized spacial score (nSPS) is 30.4. The Kier molecular flexibility index (Phi) is 3.15. The van der Waals surface area contributed by atoms with Gasteiger partial charge >= 0.3 is 0 Å². The molecule has 2 atom stereocenters. The van der Waals surface area contributed by atoms with Gasteiger partial charge in [-0.1, -0.05) is 0 Å². The van der Waals surface area contributed by atoms with Gasteiger partial charge in [-0.3, -0.25) is 19.3 Å². The first-order chi connectivity index (χ1) is 8.04. The largest absolute Gasteiger partial charge is 0.396 e. The standard InChI is InChI=1S/C11H16N2O4/c1-12-9(15)3-2-8(11(12)17)13-5-7(6-14)4-10(13)16/h7-8,14H,2-6H2,1H3. The van der Waals surface area contributed by atoms with Crippen molar-refractivity contribution < 1.29 is 19.5 Å². The zero-order valence-electron chi connectivity index (χ0n) is 9.76. The van der Waals surface area contributed by atoms with Gasteiger partial charge in [0.25, 0.3) is 5.91 Å². The molecule has 2 fully saturated rings. The van der Waals surface area contributed by atoms with Crippen LogP contribution >= 0.6 is 0 Å². The highest BCUT2D eigenvalue weighted by molar-refractivity contribution is 6.01. The first kappa shape index (κ1) is 12.0. The Morgan fingerprint density at radius 3 is 2.59 bits per heavy atom. The molecule has 2 unspecified atom stereocenters. The van der Waals surface area contributed by atoms with Crippen molar-refractivity contribution in [2.45, 2.75) is 25.3 Å². The second-order valence-corrected chi connectivity index (χ2v) is 4.64. The number of hydrogen-bond acceptors (Lipinski definition) is 4. The molecule has 3 amide bonds. The van der Waals surface area contributed by atoms with E-state index in [1.54, 1.807) is 0 Å². The van der Waals surface area contributed by atoms with Gasteiger partial charge in [0, 0.05) is 39.0 Å². The molecule has 0 aromatic rings. The number of likely N-dealkylation sites (N-methyl/N-ethyl adjacent to an activating group) is 1. The molecule has 6 nitrogen and oxygen atoms in total. The smallest absolute Gasteiger partial charge is 0.251 e. The van der Waals surface area contributed by atoms with Crippen LogP contribution in [0.5, 0.6) is 0 Å². The van der Waals surface area contributed by atoms with E-state index >= 15 is 0 Å². The van der Waals surface area contributed by atoms with Crippen LogP contribution in [0.15, 0.2) is 0 Å². The summed E-state index contributed by atoms with van der Waals surface area (Å²) in [4.78, 5) is 37.6. The predicted octanol–water partition coefficient (Wildman–Crippen LogP) is -1.03. The van der Waals surface area contributed by atoms with Crippen molar-refractivity contribution in [1.82, 2.24) is 9.80 Å². The van der Waals surface area contributed by atoms with Gasteiger partial charge in [-0.25, -0.2) is 0 Å². The molecule has 0 aliphatic carbocycles. The van der Waals surface area contributed by atoms with Gasteiger partial charge in [0.15, 0.2) is 0 Å². The number of aliphatic hydroxyl groups excluding tert-OH is 1. The topological polar surface area (TPSA) is 77.9 Å². The first-order valence-electron chi connectivity index (χ1n) is 5.75. The van der Waals surface area contributed by atoms with Crippen molar-refractivity contribution in [3.63, 3.8) is 0 Å². The van der Waals surface area contributed by atoms with Crippen molar-refractivity contribution in [2.75, 3.05) is 20.2 Å². The molecule has 0 spiro atoms. The monoisotopic (exact) mass is 240 g/mol. The van der Waals surface area contributed by atoms with Gasteiger partial charge in [-0.15, -0.1) is 0 Å². The van der Waals surface area contributed by atoms with Crippen LogP contribution in [0.1, 0.15) is 19.3 Å². The van der Waals surface area contributed by atoms with Gasteiger partial charge < -0.3 is 10.0 Å². The fourth-order valence-corrected chi connectivity index (χ4v) is 2.42. The van der Waals surface area contributed by atoms with Crippen LogP contribution in [0.4, 0.5) is 0 Å². The molecular weight excluding hydrogens is 224 g/mol.